The van der Waals surface area contributed by atoms with Crippen molar-refractivity contribution in [3.63, 3.8) is 0 Å². The van der Waals surface area contributed by atoms with E-state index in [2.05, 4.69) is 0 Å². The molecule has 0 saturated carbocycles. The van der Waals surface area contributed by atoms with E-state index in [0.717, 1.165) is 0 Å². The van der Waals surface area contributed by atoms with Gasteiger partial charge in [-0.25, -0.2) is 0 Å². The molecule has 130 valence electrons. The van der Waals surface area contributed by atoms with Gasteiger partial charge in [-0.2, -0.15) is 13.7 Å². The fourth-order valence-corrected chi connectivity index (χ4v) is 3.35. The molecule has 5 nitrogen and oxygen atoms in total. The van der Waals surface area contributed by atoms with Crippen LogP contribution in [0.2, 0.25) is 0 Å². The highest BCUT2D eigenvalue weighted by Crippen LogP contribution is 2.24. The van der Waals surface area contributed by atoms with E-state index in [0.29, 0.717) is 22.6 Å². The van der Waals surface area contributed by atoms with Gasteiger partial charge in [0.05, 0.1) is 11.6 Å². The van der Waals surface area contributed by atoms with Gasteiger partial charge >= 0.3 is 10.1 Å². The Hall–Kier alpha value is -3.30. The monoisotopic (exact) mass is 365 g/mol. The Bertz CT molecular complexity index is 1020. The molecule has 0 atom stereocenters. The van der Waals surface area contributed by atoms with Gasteiger partial charge in [0.15, 0.2) is 0 Å². The van der Waals surface area contributed by atoms with Crippen LogP contribution in [0.4, 0.5) is 0 Å². The number of nitriles is 1. The zero-order valence-electron chi connectivity index (χ0n) is 13.7. The van der Waals surface area contributed by atoms with Crippen molar-refractivity contribution in [3.05, 3.63) is 90.0 Å². The van der Waals surface area contributed by atoms with Crippen LogP contribution in [0.1, 0.15) is 11.1 Å². The van der Waals surface area contributed by atoms with Crippen LogP contribution in [0.3, 0.4) is 0 Å². The van der Waals surface area contributed by atoms with Crippen molar-refractivity contribution in [2.75, 3.05) is 0 Å². The number of hydrogen-bond acceptors (Lipinski definition) is 5. The predicted octanol–water partition coefficient (Wildman–Crippen LogP) is 4.26. The van der Waals surface area contributed by atoms with E-state index < -0.39 is 10.1 Å². The van der Waals surface area contributed by atoms with E-state index >= 15 is 0 Å². The first-order chi connectivity index (χ1) is 12.5. The molecule has 0 fully saturated rings. The number of hydrogen-bond donors (Lipinski definition) is 0. The summed E-state index contributed by atoms with van der Waals surface area (Å²) in [7, 11) is -3.83. The molecule has 0 N–H and O–H groups in total. The molecule has 0 saturated heterocycles. The molecule has 0 heterocycles. The van der Waals surface area contributed by atoms with Gasteiger partial charge in [-0.15, -0.1) is 0 Å². The lowest BCUT2D eigenvalue weighted by molar-refractivity contribution is 0.474. The van der Waals surface area contributed by atoms with Crippen LogP contribution < -0.4 is 8.92 Å². The molecule has 0 aromatic heterocycles. The number of benzene rings is 3. The van der Waals surface area contributed by atoms with Crippen molar-refractivity contribution >= 4 is 10.1 Å². The van der Waals surface area contributed by atoms with Crippen LogP contribution in [-0.2, 0) is 15.9 Å². The van der Waals surface area contributed by atoms with Gasteiger partial charge in [-0.3, -0.25) is 0 Å². The summed E-state index contributed by atoms with van der Waals surface area (Å²) in [5.41, 5.74) is 0.896. The summed E-state index contributed by atoms with van der Waals surface area (Å²) >= 11 is 0. The minimum absolute atomic E-state index is 0.196. The quantitative estimate of drug-likeness (QED) is 0.610. The summed E-state index contributed by atoms with van der Waals surface area (Å²) in [6.45, 7) is 0. The number of ether oxygens (including phenoxy) is 1. The van der Waals surface area contributed by atoms with Crippen LogP contribution >= 0.6 is 0 Å². The Kier molecular flexibility index (Phi) is 5.20. The Morgan fingerprint density at radius 2 is 1.46 bits per heavy atom. The smallest absolute Gasteiger partial charge is 0.313 e. The molecular weight excluding hydrogens is 350 g/mol. The summed E-state index contributed by atoms with van der Waals surface area (Å²) in [5.74, 6) is 1.14. The molecule has 26 heavy (non-hydrogen) atoms. The molecule has 0 amide bonds. The molecule has 0 radical (unpaired) electrons. The standard InChI is InChI=1S/C20H15NO4S/c21-14-16-5-4-6-17(13-16)15-26(22,23)25-20-11-9-19(10-12-20)24-18-7-2-1-3-8-18/h1-13H,15H2. The Labute approximate surface area is 152 Å². The molecule has 0 bridgehead atoms. The highest BCUT2D eigenvalue weighted by Gasteiger charge is 2.14. The van der Waals surface area contributed by atoms with Gasteiger partial charge in [-0.05, 0) is 54.1 Å². The second-order valence-corrected chi connectivity index (χ2v) is 7.05. The summed E-state index contributed by atoms with van der Waals surface area (Å²) in [4.78, 5) is 0. The molecule has 0 aliphatic carbocycles. The lowest BCUT2D eigenvalue weighted by Crippen LogP contribution is -2.12. The number of para-hydroxylation sites is 1. The molecule has 3 aromatic carbocycles. The maximum atomic E-state index is 12.2. The zero-order valence-corrected chi connectivity index (χ0v) is 14.5. The number of rotatable bonds is 6. The second kappa shape index (κ2) is 7.72. The molecule has 3 aromatic rings. The Morgan fingerprint density at radius 3 is 2.15 bits per heavy atom. The van der Waals surface area contributed by atoms with Crippen LogP contribution in [0.5, 0.6) is 17.2 Å². The van der Waals surface area contributed by atoms with Crippen molar-refractivity contribution in [2.45, 2.75) is 5.75 Å². The van der Waals surface area contributed by atoms with Crippen molar-refractivity contribution in [2.24, 2.45) is 0 Å². The average molecular weight is 365 g/mol. The Morgan fingerprint density at radius 1 is 0.808 bits per heavy atom. The topological polar surface area (TPSA) is 76.4 Å². The third-order valence-electron chi connectivity index (χ3n) is 3.43. The molecule has 0 unspecified atom stereocenters. The maximum Gasteiger partial charge on any atom is 0.313 e. The van der Waals surface area contributed by atoms with Crippen LogP contribution in [0.15, 0.2) is 78.9 Å². The lowest BCUT2D eigenvalue weighted by atomic mass is 10.2. The first-order valence-electron chi connectivity index (χ1n) is 7.78. The number of nitrogens with zero attached hydrogens (tertiary/aromatic N) is 1. The largest absolute Gasteiger partial charge is 0.457 e. The van der Waals surface area contributed by atoms with Gasteiger partial charge in [0.2, 0.25) is 0 Å². The summed E-state index contributed by atoms with van der Waals surface area (Å²) < 4.78 is 35.2. The van der Waals surface area contributed by atoms with Crippen molar-refractivity contribution < 1.29 is 17.3 Å². The van der Waals surface area contributed by atoms with Crippen molar-refractivity contribution in [3.8, 4) is 23.3 Å². The fraction of sp³-hybridized carbons (Fsp3) is 0.0500. The Balaban J connectivity index is 1.66. The summed E-state index contributed by atoms with van der Waals surface area (Å²) in [6, 6.07) is 24.0. The van der Waals surface area contributed by atoms with Gasteiger partial charge < -0.3 is 8.92 Å². The average Bonchev–Trinajstić information content (AvgIpc) is 2.64. The third-order valence-corrected chi connectivity index (χ3v) is 4.56. The summed E-state index contributed by atoms with van der Waals surface area (Å²) in [5, 5.41) is 8.88. The molecule has 0 spiro atoms. The van der Waals surface area contributed by atoms with E-state index in [1.165, 1.54) is 18.2 Å². The molecule has 6 heteroatoms. The van der Waals surface area contributed by atoms with Crippen LogP contribution in [0, 0.1) is 11.3 Å². The first kappa shape index (κ1) is 17.5. The van der Waals surface area contributed by atoms with Gasteiger partial charge in [0.1, 0.15) is 23.0 Å². The van der Waals surface area contributed by atoms with Crippen LogP contribution in [0.25, 0.3) is 0 Å². The van der Waals surface area contributed by atoms with E-state index in [-0.39, 0.29) is 11.5 Å². The molecular formula is C20H15NO4S. The van der Waals surface area contributed by atoms with E-state index in [9.17, 15) is 8.42 Å². The lowest BCUT2D eigenvalue weighted by Gasteiger charge is -2.09. The summed E-state index contributed by atoms with van der Waals surface area (Å²) in [6.07, 6.45) is 0. The minimum atomic E-state index is -3.83. The van der Waals surface area contributed by atoms with E-state index in [1.807, 2.05) is 36.4 Å². The molecule has 3 rings (SSSR count). The molecule has 0 aliphatic rings. The first-order valence-corrected chi connectivity index (χ1v) is 9.36. The zero-order chi connectivity index (χ0) is 18.4. The predicted molar refractivity (Wildman–Crippen MR) is 97.4 cm³/mol. The second-order valence-electron chi connectivity index (χ2n) is 5.48. The van der Waals surface area contributed by atoms with E-state index in [4.69, 9.17) is 14.2 Å². The fourth-order valence-electron chi connectivity index (χ4n) is 2.30. The highest BCUT2D eigenvalue weighted by atomic mass is 32.2. The van der Waals surface area contributed by atoms with Crippen molar-refractivity contribution in [1.82, 2.24) is 0 Å². The third kappa shape index (κ3) is 4.85. The molecule has 0 aliphatic heterocycles. The maximum absolute atomic E-state index is 12.2. The van der Waals surface area contributed by atoms with Gasteiger partial charge in [0.25, 0.3) is 0 Å². The van der Waals surface area contributed by atoms with Gasteiger partial charge in [0, 0.05) is 0 Å². The normalized spacial score (nSPS) is 10.7. The van der Waals surface area contributed by atoms with Crippen LogP contribution in [-0.4, -0.2) is 8.42 Å². The highest BCUT2D eigenvalue weighted by molar-refractivity contribution is 7.86. The minimum Gasteiger partial charge on any atom is -0.457 e. The van der Waals surface area contributed by atoms with E-state index in [1.54, 1.807) is 30.3 Å². The SMILES string of the molecule is N#Cc1cccc(CS(=O)(=O)Oc2ccc(Oc3ccccc3)cc2)c1. The van der Waals surface area contributed by atoms with Gasteiger partial charge in [-0.1, -0.05) is 30.3 Å². The van der Waals surface area contributed by atoms with Crippen molar-refractivity contribution in [1.29, 1.82) is 5.26 Å².